The molecule has 4 aromatic rings. The lowest BCUT2D eigenvalue weighted by Crippen LogP contribution is -2.29. The van der Waals surface area contributed by atoms with Gasteiger partial charge in [0.05, 0.1) is 0 Å². The minimum Gasteiger partial charge on any atom is -0.449 e. The predicted octanol–water partition coefficient (Wildman–Crippen LogP) is 4.77. The largest absolute Gasteiger partial charge is 0.449 e. The molecule has 0 unspecified atom stereocenters. The molecule has 1 atom stereocenters. The van der Waals surface area contributed by atoms with Crippen molar-refractivity contribution >= 4 is 39.3 Å². The van der Waals surface area contributed by atoms with Crippen molar-refractivity contribution in [2.24, 2.45) is 0 Å². The number of carbonyl (C=O) groups excluding carboxylic acids is 2. The first-order valence-electron chi connectivity index (χ1n) is 8.60. The molecule has 1 amide bonds. The van der Waals surface area contributed by atoms with Crippen LogP contribution >= 0.6 is 0 Å². The van der Waals surface area contributed by atoms with Gasteiger partial charge in [0.2, 0.25) is 5.76 Å². The second-order valence-corrected chi connectivity index (χ2v) is 6.21. The standard InChI is InChI=1S/C22H17NO4/c1-14(26-22(25)20-13-16-8-3-5-12-19(16)27-20)21(24)23-18-11-6-9-15-7-2-4-10-17(15)18/h2-14H,1H3,(H,23,24)/t14-/m1/s1. The van der Waals surface area contributed by atoms with Gasteiger partial charge in [-0.05, 0) is 30.5 Å². The number of amides is 1. The molecule has 0 aliphatic carbocycles. The van der Waals surface area contributed by atoms with Gasteiger partial charge < -0.3 is 14.5 Å². The summed E-state index contributed by atoms with van der Waals surface area (Å²) in [5, 5.41) is 5.56. The van der Waals surface area contributed by atoms with Crippen molar-refractivity contribution < 1.29 is 18.7 Å². The van der Waals surface area contributed by atoms with Crippen molar-refractivity contribution in [1.29, 1.82) is 0 Å². The fourth-order valence-electron chi connectivity index (χ4n) is 2.92. The average Bonchev–Trinajstić information content (AvgIpc) is 3.12. The van der Waals surface area contributed by atoms with Crippen LogP contribution in [0.5, 0.6) is 0 Å². The fraction of sp³-hybridized carbons (Fsp3) is 0.0909. The molecule has 27 heavy (non-hydrogen) atoms. The van der Waals surface area contributed by atoms with Gasteiger partial charge in [0.25, 0.3) is 5.91 Å². The number of anilines is 1. The van der Waals surface area contributed by atoms with Crippen LogP contribution in [-0.2, 0) is 9.53 Å². The highest BCUT2D eigenvalue weighted by atomic mass is 16.6. The SMILES string of the molecule is C[C@@H](OC(=O)c1cc2ccccc2o1)C(=O)Nc1cccc2ccccc12. The van der Waals surface area contributed by atoms with Crippen LogP contribution in [0.15, 0.2) is 77.2 Å². The van der Waals surface area contributed by atoms with E-state index in [1.165, 1.54) is 6.92 Å². The Labute approximate surface area is 155 Å². The van der Waals surface area contributed by atoms with E-state index in [0.29, 0.717) is 11.3 Å². The number of hydrogen-bond acceptors (Lipinski definition) is 4. The molecule has 0 saturated heterocycles. The quantitative estimate of drug-likeness (QED) is 0.533. The van der Waals surface area contributed by atoms with E-state index in [-0.39, 0.29) is 5.76 Å². The molecule has 4 rings (SSSR count). The lowest BCUT2D eigenvalue weighted by molar-refractivity contribution is -0.123. The third-order valence-corrected chi connectivity index (χ3v) is 4.33. The van der Waals surface area contributed by atoms with Crippen LogP contribution in [0.25, 0.3) is 21.7 Å². The molecule has 5 heteroatoms. The molecule has 1 heterocycles. The van der Waals surface area contributed by atoms with E-state index < -0.39 is 18.0 Å². The van der Waals surface area contributed by atoms with Gasteiger partial charge in [-0.2, -0.15) is 0 Å². The molecular formula is C22H17NO4. The predicted molar refractivity (Wildman–Crippen MR) is 104 cm³/mol. The smallest absolute Gasteiger partial charge is 0.375 e. The Morgan fingerprint density at radius 3 is 2.44 bits per heavy atom. The Bertz CT molecular complexity index is 1110. The maximum Gasteiger partial charge on any atom is 0.375 e. The highest BCUT2D eigenvalue weighted by Crippen LogP contribution is 2.23. The molecule has 1 N–H and O–H groups in total. The van der Waals surface area contributed by atoms with Crippen molar-refractivity contribution in [2.45, 2.75) is 13.0 Å². The van der Waals surface area contributed by atoms with Crippen LogP contribution in [-0.4, -0.2) is 18.0 Å². The topological polar surface area (TPSA) is 68.5 Å². The van der Waals surface area contributed by atoms with Gasteiger partial charge in [0.1, 0.15) is 5.58 Å². The van der Waals surface area contributed by atoms with Gasteiger partial charge in [0, 0.05) is 16.5 Å². The number of furan rings is 1. The van der Waals surface area contributed by atoms with Crippen molar-refractivity contribution in [1.82, 2.24) is 0 Å². The highest BCUT2D eigenvalue weighted by molar-refractivity contribution is 6.04. The van der Waals surface area contributed by atoms with Crippen molar-refractivity contribution in [3.8, 4) is 0 Å². The first-order valence-corrected chi connectivity index (χ1v) is 8.60. The Morgan fingerprint density at radius 2 is 1.63 bits per heavy atom. The van der Waals surface area contributed by atoms with Crippen molar-refractivity contribution in [3.63, 3.8) is 0 Å². The Morgan fingerprint density at radius 1 is 0.926 bits per heavy atom. The summed E-state index contributed by atoms with van der Waals surface area (Å²) in [6.45, 7) is 1.53. The molecule has 3 aromatic carbocycles. The third-order valence-electron chi connectivity index (χ3n) is 4.33. The minimum absolute atomic E-state index is 0.0704. The van der Waals surface area contributed by atoms with Crippen LogP contribution in [0.1, 0.15) is 17.5 Å². The van der Waals surface area contributed by atoms with Gasteiger partial charge in [-0.15, -0.1) is 0 Å². The zero-order valence-corrected chi connectivity index (χ0v) is 14.6. The van der Waals surface area contributed by atoms with E-state index in [9.17, 15) is 9.59 Å². The summed E-state index contributed by atoms with van der Waals surface area (Å²) in [7, 11) is 0. The second kappa shape index (κ2) is 6.96. The van der Waals surface area contributed by atoms with Crippen LogP contribution in [0.4, 0.5) is 5.69 Å². The van der Waals surface area contributed by atoms with E-state index in [1.54, 1.807) is 12.1 Å². The number of para-hydroxylation sites is 1. The van der Waals surface area contributed by atoms with Gasteiger partial charge in [-0.3, -0.25) is 4.79 Å². The minimum atomic E-state index is -0.968. The summed E-state index contributed by atoms with van der Waals surface area (Å²) in [6.07, 6.45) is -0.968. The second-order valence-electron chi connectivity index (χ2n) is 6.21. The van der Waals surface area contributed by atoms with E-state index in [1.807, 2.05) is 60.7 Å². The van der Waals surface area contributed by atoms with Crippen LogP contribution in [0.3, 0.4) is 0 Å². The molecule has 1 aromatic heterocycles. The Kier molecular flexibility index (Phi) is 4.34. The van der Waals surface area contributed by atoms with Crippen molar-refractivity contribution in [2.75, 3.05) is 5.32 Å². The van der Waals surface area contributed by atoms with Crippen molar-refractivity contribution in [3.05, 3.63) is 78.6 Å². The number of ether oxygens (including phenoxy) is 1. The van der Waals surface area contributed by atoms with E-state index in [4.69, 9.17) is 9.15 Å². The number of esters is 1. The molecule has 0 saturated carbocycles. The van der Waals surface area contributed by atoms with E-state index >= 15 is 0 Å². The lowest BCUT2D eigenvalue weighted by Gasteiger charge is -2.14. The summed E-state index contributed by atoms with van der Waals surface area (Å²) in [4.78, 5) is 24.8. The number of nitrogens with one attached hydrogen (secondary N) is 1. The molecule has 0 spiro atoms. The average molecular weight is 359 g/mol. The summed E-state index contributed by atoms with van der Waals surface area (Å²) in [6, 6.07) is 22.3. The third kappa shape index (κ3) is 3.40. The Balaban J connectivity index is 1.48. The number of hydrogen-bond donors (Lipinski definition) is 1. The molecular weight excluding hydrogens is 342 g/mol. The fourth-order valence-corrected chi connectivity index (χ4v) is 2.92. The molecule has 0 aliphatic heterocycles. The molecule has 0 bridgehead atoms. The summed E-state index contributed by atoms with van der Waals surface area (Å²) < 4.78 is 10.7. The van der Waals surface area contributed by atoms with Gasteiger partial charge >= 0.3 is 5.97 Å². The number of fused-ring (bicyclic) bond motifs is 2. The maximum absolute atomic E-state index is 12.5. The Hall–Kier alpha value is -3.60. The van der Waals surface area contributed by atoms with Gasteiger partial charge in [0.15, 0.2) is 6.10 Å². The van der Waals surface area contributed by atoms with Gasteiger partial charge in [-0.25, -0.2) is 4.79 Å². The highest BCUT2D eigenvalue weighted by Gasteiger charge is 2.22. The monoisotopic (exact) mass is 359 g/mol. The van der Waals surface area contributed by atoms with Crippen LogP contribution in [0, 0.1) is 0 Å². The summed E-state index contributed by atoms with van der Waals surface area (Å²) in [5.74, 6) is -1.01. The molecule has 5 nitrogen and oxygen atoms in total. The molecule has 134 valence electrons. The van der Waals surface area contributed by atoms with Crippen LogP contribution < -0.4 is 5.32 Å². The van der Waals surface area contributed by atoms with E-state index in [2.05, 4.69) is 5.32 Å². The van der Waals surface area contributed by atoms with Crippen LogP contribution in [0.2, 0.25) is 0 Å². The maximum atomic E-state index is 12.5. The number of rotatable bonds is 4. The molecule has 0 fully saturated rings. The summed E-state index contributed by atoms with van der Waals surface area (Å²) in [5.41, 5.74) is 1.27. The zero-order chi connectivity index (χ0) is 18.8. The zero-order valence-electron chi connectivity index (χ0n) is 14.6. The first-order chi connectivity index (χ1) is 13.1. The molecule has 0 aliphatic rings. The normalized spacial score (nSPS) is 12.0. The lowest BCUT2D eigenvalue weighted by atomic mass is 10.1. The van der Waals surface area contributed by atoms with E-state index in [0.717, 1.165) is 16.2 Å². The first kappa shape index (κ1) is 16.8. The van der Waals surface area contributed by atoms with Gasteiger partial charge in [-0.1, -0.05) is 54.6 Å². The molecule has 0 radical (unpaired) electrons. The number of carbonyl (C=O) groups is 2. The summed E-state index contributed by atoms with van der Waals surface area (Å²) >= 11 is 0. The number of benzene rings is 3.